The molecule has 28 heavy (non-hydrogen) atoms. The smallest absolute Gasteiger partial charge is 0.138 e. The molecular weight excluding hydrogens is 348 g/mol. The van der Waals surface area contributed by atoms with Gasteiger partial charge in [-0.1, -0.05) is 75.2 Å². The summed E-state index contributed by atoms with van der Waals surface area (Å²) in [5.74, 6) is -0.134. The highest BCUT2D eigenvalue weighted by Crippen LogP contribution is 2.23. The van der Waals surface area contributed by atoms with E-state index in [1.54, 1.807) is 0 Å². The maximum Gasteiger partial charge on any atom is 0.138 e. The number of hydrogen-bond donors (Lipinski definition) is 2. The van der Waals surface area contributed by atoms with Crippen LogP contribution in [0.15, 0.2) is 48.5 Å². The second-order valence-corrected chi connectivity index (χ2v) is 7.67. The van der Waals surface area contributed by atoms with Gasteiger partial charge in [0.25, 0.3) is 0 Å². The molecule has 0 saturated carbocycles. The number of aliphatic hydroxyl groups excluding tert-OH is 2. The first kappa shape index (κ1) is 22.3. The van der Waals surface area contributed by atoms with Crippen molar-refractivity contribution in [2.24, 2.45) is 0 Å². The molecular formula is C25H34O3. The molecule has 0 fully saturated rings. The maximum atomic E-state index is 12.3. The molecule has 2 aromatic rings. The number of carbonyl (C=O) groups is 1. The van der Waals surface area contributed by atoms with Crippen molar-refractivity contribution in [2.45, 2.75) is 77.4 Å². The van der Waals surface area contributed by atoms with Gasteiger partial charge in [0.2, 0.25) is 0 Å². The van der Waals surface area contributed by atoms with E-state index in [9.17, 15) is 15.0 Å². The van der Waals surface area contributed by atoms with Gasteiger partial charge in [0, 0.05) is 12.8 Å². The van der Waals surface area contributed by atoms with Crippen LogP contribution in [0.5, 0.6) is 0 Å². The average Bonchev–Trinajstić information content (AvgIpc) is 2.71. The second kappa shape index (κ2) is 11.8. The van der Waals surface area contributed by atoms with Crippen LogP contribution in [0.1, 0.15) is 86.8 Å². The first-order chi connectivity index (χ1) is 13.5. The molecule has 2 atom stereocenters. The van der Waals surface area contributed by atoms with Crippen LogP contribution in [-0.2, 0) is 17.6 Å². The van der Waals surface area contributed by atoms with E-state index in [2.05, 4.69) is 13.8 Å². The standard InChI is InChI=1S/C25H34O3/c1-3-5-7-19-9-13-21(14-10-19)24(27)17-23(26)18-25(28)22-15-11-20(12-16-22)8-6-4-2/h9-16,24-25,27-28H,3-8,17-18H2,1-2H3. The van der Waals surface area contributed by atoms with Gasteiger partial charge in [-0.05, 0) is 47.9 Å². The van der Waals surface area contributed by atoms with Crippen molar-refractivity contribution in [3.05, 3.63) is 70.8 Å². The van der Waals surface area contributed by atoms with E-state index in [0.29, 0.717) is 0 Å². The molecule has 3 nitrogen and oxygen atoms in total. The highest BCUT2D eigenvalue weighted by molar-refractivity contribution is 5.79. The summed E-state index contributed by atoms with van der Waals surface area (Å²) < 4.78 is 0. The van der Waals surface area contributed by atoms with Crippen LogP contribution in [0.2, 0.25) is 0 Å². The fourth-order valence-electron chi connectivity index (χ4n) is 3.33. The van der Waals surface area contributed by atoms with E-state index < -0.39 is 12.2 Å². The molecule has 0 saturated heterocycles. The summed E-state index contributed by atoms with van der Waals surface area (Å²) in [5, 5.41) is 20.7. The molecule has 2 unspecified atom stereocenters. The minimum Gasteiger partial charge on any atom is -0.388 e. The predicted molar refractivity (Wildman–Crippen MR) is 114 cm³/mol. The minimum absolute atomic E-state index is 0.0277. The minimum atomic E-state index is -0.823. The van der Waals surface area contributed by atoms with Crippen molar-refractivity contribution in [3.8, 4) is 0 Å². The quantitative estimate of drug-likeness (QED) is 0.510. The molecule has 0 heterocycles. The van der Waals surface area contributed by atoms with Gasteiger partial charge in [-0.2, -0.15) is 0 Å². The number of ketones is 1. The Labute approximate surface area is 169 Å². The molecule has 2 rings (SSSR count). The van der Waals surface area contributed by atoms with Gasteiger partial charge in [0.1, 0.15) is 5.78 Å². The number of aliphatic hydroxyl groups is 2. The van der Waals surface area contributed by atoms with E-state index in [4.69, 9.17) is 0 Å². The Kier molecular flexibility index (Phi) is 9.39. The Morgan fingerprint density at radius 1 is 0.714 bits per heavy atom. The number of carbonyl (C=O) groups excluding carboxylic acids is 1. The number of aryl methyl sites for hydroxylation is 2. The number of hydrogen-bond acceptors (Lipinski definition) is 3. The second-order valence-electron chi connectivity index (χ2n) is 7.67. The topological polar surface area (TPSA) is 57.5 Å². The number of unbranched alkanes of at least 4 members (excludes halogenated alkanes) is 2. The molecule has 0 aliphatic heterocycles. The van der Waals surface area contributed by atoms with Crippen LogP contribution >= 0.6 is 0 Å². The molecule has 3 heteroatoms. The van der Waals surface area contributed by atoms with Crippen molar-refractivity contribution in [2.75, 3.05) is 0 Å². The van der Waals surface area contributed by atoms with Crippen molar-refractivity contribution < 1.29 is 15.0 Å². The molecule has 0 aliphatic rings. The zero-order valence-electron chi connectivity index (χ0n) is 17.2. The highest BCUT2D eigenvalue weighted by atomic mass is 16.3. The van der Waals surface area contributed by atoms with Crippen LogP contribution < -0.4 is 0 Å². The first-order valence-corrected chi connectivity index (χ1v) is 10.6. The molecule has 0 bridgehead atoms. The number of rotatable bonds is 12. The lowest BCUT2D eigenvalue weighted by Gasteiger charge is -2.14. The van der Waals surface area contributed by atoms with Gasteiger partial charge < -0.3 is 10.2 Å². The van der Waals surface area contributed by atoms with Crippen molar-refractivity contribution in [1.82, 2.24) is 0 Å². The van der Waals surface area contributed by atoms with Crippen LogP contribution in [0, 0.1) is 0 Å². The van der Waals surface area contributed by atoms with E-state index in [1.807, 2.05) is 48.5 Å². The first-order valence-electron chi connectivity index (χ1n) is 10.6. The lowest BCUT2D eigenvalue weighted by atomic mass is 9.96. The van der Waals surface area contributed by atoms with Crippen LogP contribution in [-0.4, -0.2) is 16.0 Å². The summed E-state index contributed by atoms with van der Waals surface area (Å²) in [6, 6.07) is 15.7. The third kappa shape index (κ3) is 7.21. The van der Waals surface area contributed by atoms with Gasteiger partial charge in [0.15, 0.2) is 0 Å². The summed E-state index contributed by atoms with van der Waals surface area (Å²) in [6.07, 6.45) is 5.10. The Bertz CT molecular complexity index is 642. The van der Waals surface area contributed by atoms with Gasteiger partial charge in [0.05, 0.1) is 12.2 Å². The molecule has 0 aromatic heterocycles. The van der Waals surface area contributed by atoms with Gasteiger partial charge in [-0.15, -0.1) is 0 Å². The Hall–Kier alpha value is -1.97. The zero-order chi connectivity index (χ0) is 20.4. The lowest BCUT2D eigenvalue weighted by Crippen LogP contribution is -2.11. The third-order valence-electron chi connectivity index (χ3n) is 5.21. The SMILES string of the molecule is CCCCc1ccc(C(O)CC(=O)CC(O)c2ccc(CCCC)cc2)cc1. The largest absolute Gasteiger partial charge is 0.388 e. The molecule has 0 spiro atoms. The van der Waals surface area contributed by atoms with Crippen LogP contribution in [0.4, 0.5) is 0 Å². The molecule has 0 radical (unpaired) electrons. The van der Waals surface area contributed by atoms with E-state index >= 15 is 0 Å². The molecule has 2 aromatic carbocycles. The van der Waals surface area contributed by atoms with E-state index in [1.165, 1.54) is 11.1 Å². The monoisotopic (exact) mass is 382 g/mol. The van der Waals surface area contributed by atoms with E-state index in [0.717, 1.165) is 49.7 Å². The Balaban J connectivity index is 1.84. The van der Waals surface area contributed by atoms with Crippen molar-refractivity contribution >= 4 is 5.78 Å². The lowest BCUT2D eigenvalue weighted by molar-refractivity contribution is -0.123. The van der Waals surface area contributed by atoms with Gasteiger partial charge in [-0.3, -0.25) is 4.79 Å². The summed E-state index contributed by atoms with van der Waals surface area (Å²) in [5.41, 5.74) is 4.01. The maximum absolute atomic E-state index is 12.3. The number of benzene rings is 2. The zero-order valence-corrected chi connectivity index (χ0v) is 17.2. The predicted octanol–water partition coefficient (Wildman–Crippen LogP) is 5.49. The molecule has 0 amide bonds. The van der Waals surface area contributed by atoms with Crippen molar-refractivity contribution in [3.63, 3.8) is 0 Å². The third-order valence-corrected chi connectivity index (χ3v) is 5.21. The summed E-state index contributed by atoms with van der Waals surface area (Å²) in [6.45, 7) is 4.33. The van der Waals surface area contributed by atoms with Crippen LogP contribution in [0.25, 0.3) is 0 Å². The molecule has 2 N–H and O–H groups in total. The van der Waals surface area contributed by atoms with Gasteiger partial charge >= 0.3 is 0 Å². The van der Waals surface area contributed by atoms with Gasteiger partial charge in [-0.25, -0.2) is 0 Å². The average molecular weight is 383 g/mol. The van der Waals surface area contributed by atoms with E-state index in [-0.39, 0.29) is 18.6 Å². The fourth-order valence-corrected chi connectivity index (χ4v) is 3.33. The highest BCUT2D eigenvalue weighted by Gasteiger charge is 2.17. The number of Topliss-reactive ketones (excluding diaryl/α,β-unsaturated/α-hetero) is 1. The summed E-state index contributed by atoms with van der Waals surface area (Å²) >= 11 is 0. The Morgan fingerprint density at radius 3 is 1.39 bits per heavy atom. The van der Waals surface area contributed by atoms with Crippen molar-refractivity contribution in [1.29, 1.82) is 0 Å². The normalized spacial score (nSPS) is 13.3. The molecule has 0 aliphatic carbocycles. The van der Waals surface area contributed by atoms with Crippen LogP contribution in [0.3, 0.4) is 0 Å². The molecule has 152 valence electrons. The summed E-state index contributed by atoms with van der Waals surface area (Å²) in [4.78, 5) is 12.3. The summed E-state index contributed by atoms with van der Waals surface area (Å²) in [7, 11) is 0. The Morgan fingerprint density at radius 2 is 1.07 bits per heavy atom. The fraction of sp³-hybridized carbons (Fsp3) is 0.480.